The number of aryl methyl sites for hydroxylation is 1. The summed E-state index contributed by atoms with van der Waals surface area (Å²) in [7, 11) is 1.77. The summed E-state index contributed by atoms with van der Waals surface area (Å²) in [4.78, 5) is 0.160. The molecule has 7 heteroatoms. The van der Waals surface area contributed by atoms with Crippen molar-refractivity contribution in [2.75, 3.05) is 6.61 Å². The summed E-state index contributed by atoms with van der Waals surface area (Å²) in [5, 5.41) is 4.42. The normalized spacial score (nSPS) is 25.6. The van der Waals surface area contributed by atoms with Gasteiger partial charge in [0, 0.05) is 17.3 Å². The Bertz CT molecular complexity index is 634. The smallest absolute Gasteiger partial charge is 0.264 e. The number of rotatable bonds is 2. The van der Waals surface area contributed by atoms with Crippen molar-refractivity contribution in [3.8, 4) is 0 Å². The molecular formula is C13H19ClN2O3S. The molecular weight excluding hydrogens is 300 g/mol. The van der Waals surface area contributed by atoms with Crippen LogP contribution in [0.2, 0.25) is 0 Å². The van der Waals surface area contributed by atoms with Crippen LogP contribution in [0, 0.1) is 13.8 Å². The van der Waals surface area contributed by atoms with Crippen LogP contribution in [0.15, 0.2) is 4.90 Å². The van der Waals surface area contributed by atoms with Crippen molar-refractivity contribution >= 4 is 19.7 Å². The Morgan fingerprint density at radius 2 is 2.10 bits per heavy atom. The van der Waals surface area contributed by atoms with Crippen molar-refractivity contribution in [2.45, 2.75) is 62.5 Å². The number of hydrogen-bond donors (Lipinski definition) is 0. The predicted molar refractivity (Wildman–Crippen MR) is 75.5 cm³/mol. The summed E-state index contributed by atoms with van der Waals surface area (Å²) in [6.07, 6.45) is 5.19. The molecule has 5 nitrogen and oxygen atoms in total. The van der Waals surface area contributed by atoms with Crippen molar-refractivity contribution in [2.24, 2.45) is 0 Å². The van der Waals surface area contributed by atoms with E-state index < -0.39 is 9.05 Å². The van der Waals surface area contributed by atoms with Crippen LogP contribution in [0.5, 0.6) is 0 Å². The van der Waals surface area contributed by atoms with E-state index in [1.807, 2.05) is 4.68 Å². The van der Waals surface area contributed by atoms with Gasteiger partial charge in [-0.2, -0.15) is 5.10 Å². The zero-order valence-electron chi connectivity index (χ0n) is 11.7. The number of ether oxygens (including phenoxy) is 1. The summed E-state index contributed by atoms with van der Waals surface area (Å²) >= 11 is 0. The lowest BCUT2D eigenvalue weighted by Gasteiger charge is -2.47. The van der Waals surface area contributed by atoms with Crippen molar-refractivity contribution in [1.29, 1.82) is 0 Å². The topological polar surface area (TPSA) is 61.2 Å². The van der Waals surface area contributed by atoms with Crippen LogP contribution in [0.4, 0.5) is 0 Å². The molecule has 1 spiro atoms. The van der Waals surface area contributed by atoms with Crippen molar-refractivity contribution < 1.29 is 13.2 Å². The molecule has 1 aliphatic carbocycles. The Kier molecular flexibility index (Phi) is 3.38. The fourth-order valence-corrected chi connectivity index (χ4v) is 5.00. The van der Waals surface area contributed by atoms with Crippen molar-refractivity contribution in [3.63, 3.8) is 0 Å². The van der Waals surface area contributed by atoms with E-state index in [0.717, 1.165) is 25.7 Å². The second-order valence-corrected chi connectivity index (χ2v) is 8.42. The summed E-state index contributed by atoms with van der Waals surface area (Å²) < 4.78 is 31.1. The highest BCUT2D eigenvalue weighted by Gasteiger charge is 2.43. The number of aromatic nitrogens is 2. The zero-order chi connectivity index (χ0) is 14.5. The standard InChI is InChI=1S/C13H19ClN2O3S/c1-9-12(20(14,17)18)10(2)16(15-9)11-4-7-19-13(8-11)5-3-6-13/h11H,3-8H2,1-2H3. The van der Waals surface area contributed by atoms with Crippen LogP contribution in [0.3, 0.4) is 0 Å². The van der Waals surface area contributed by atoms with Gasteiger partial charge in [0.15, 0.2) is 0 Å². The highest BCUT2D eigenvalue weighted by Crippen LogP contribution is 2.46. The molecule has 2 fully saturated rings. The average Bonchev–Trinajstić information content (AvgIpc) is 2.62. The molecule has 0 bridgehead atoms. The molecule has 0 aromatic carbocycles. The minimum absolute atomic E-state index is 0.00914. The summed E-state index contributed by atoms with van der Waals surface area (Å²) in [6.45, 7) is 4.18. The van der Waals surface area contributed by atoms with Crippen LogP contribution in [0.25, 0.3) is 0 Å². The fourth-order valence-electron chi connectivity index (χ4n) is 3.49. The Balaban J connectivity index is 1.95. The van der Waals surface area contributed by atoms with Gasteiger partial charge in [0.05, 0.1) is 23.0 Å². The molecule has 20 heavy (non-hydrogen) atoms. The number of halogens is 1. The van der Waals surface area contributed by atoms with E-state index >= 15 is 0 Å². The van der Waals surface area contributed by atoms with Gasteiger partial charge in [-0.1, -0.05) is 0 Å². The Labute approximate surface area is 123 Å². The zero-order valence-corrected chi connectivity index (χ0v) is 13.3. The SMILES string of the molecule is Cc1nn(C2CCOC3(CCC3)C2)c(C)c1S(=O)(=O)Cl. The van der Waals surface area contributed by atoms with E-state index in [9.17, 15) is 8.42 Å². The van der Waals surface area contributed by atoms with Gasteiger partial charge in [-0.15, -0.1) is 0 Å². The Hall–Kier alpha value is -0.590. The molecule has 1 atom stereocenters. The first-order valence-corrected chi connectivity index (χ1v) is 9.28. The molecule has 1 aromatic heterocycles. The molecule has 3 rings (SSSR count). The van der Waals surface area contributed by atoms with E-state index in [1.54, 1.807) is 13.8 Å². The predicted octanol–water partition coefficient (Wildman–Crippen LogP) is 2.70. The maximum Gasteiger partial charge on any atom is 0.264 e. The van der Waals surface area contributed by atoms with Gasteiger partial charge in [-0.3, -0.25) is 4.68 Å². The van der Waals surface area contributed by atoms with Gasteiger partial charge in [-0.25, -0.2) is 8.42 Å². The molecule has 0 radical (unpaired) electrons. The fraction of sp³-hybridized carbons (Fsp3) is 0.769. The van der Waals surface area contributed by atoms with Gasteiger partial charge < -0.3 is 4.74 Å². The third-order valence-electron chi connectivity index (χ3n) is 4.58. The first-order chi connectivity index (χ1) is 9.32. The first kappa shape index (κ1) is 14.4. The van der Waals surface area contributed by atoms with Gasteiger partial charge in [0.2, 0.25) is 0 Å². The highest BCUT2D eigenvalue weighted by atomic mass is 35.7. The van der Waals surface area contributed by atoms with Gasteiger partial charge in [-0.05, 0) is 46.0 Å². The molecule has 1 aliphatic heterocycles. The lowest BCUT2D eigenvalue weighted by atomic mass is 9.74. The largest absolute Gasteiger partial charge is 0.375 e. The minimum atomic E-state index is -3.74. The molecule has 1 unspecified atom stereocenters. The maximum absolute atomic E-state index is 11.7. The van der Waals surface area contributed by atoms with E-state index in [0.29, 0.717) is 18.0 Å². The summed E-state index contributed by atoms with van der Waals surface area (Å²) in [5.74, 6) is 0. The average molecular weight is 319 g/mol. The monoisotopic (exact) mass is 318 g/mol. The van der Waals surface area contributed by atoms with Crippen LogP contribution >= 0.6 is 10.7 Å². The van der Waals surface area contributed by atoms with E-state index in [1.165, 1.54) is 6.42 Å². The third-order valence-corrected chi connectivity index (χ3v) is 6.12. The van der Waals surface area contributed by atoms with Crippen molar-refractivity contribution in [1.82, 2.24) is 9.78 Å². The lowest BCUT2D eigenvalue weighted by Crippen LogP contribution is -2.46. The van der Waals surface area contributed by atoms with E-state index in [2.05, 4.69) is 5.10 Å². The van der Waals surface area contributed by atoms with Crippen LogP contribution in [-0.4, -0.2) is 30.4 Å². The van der Waals surface area contributed by atoms with Crippen LogP contribution < -0.4 is 0 Å². The van der Waals surface area contributed by atoms with Crippen LogP contribution in [-0.2, 0) is 13.8 Å². The summed E-state index contributed by atoms with van der Waals surface area (Å²) in [5.41, 5.74) is 1.13. The molecule has 0 N–H and O–H groups in total. The highest BCUT2D eigenvalue weighted by molar-refractivity contribution is 8.13. The molecule has 112 valence electrons. The number of nitrogens with zero attached hydrogens (tertiary/aromatic N) is 2. The van der Waals surface area contributed by atoms with Gasteiger partial charge >= 0.3 is 0 Å². The van der Waals surface area contributed by atoms with Gasteiger partial charge in [0.1, 0.15) is 4.90 Å². The quantitative estimate of drug-likeness (QED) is 0.787. The summed E-state index contributed by atoms with van der Waals surface area (Å²) in [6, 6.07) is 0.204. The molecule has 1 aromatic rings. The Morgan fingerprint density at radius 1 is 1.40 bits per heavy atom. The van der Waals surface area contributed by atoms with Crippen LogP contribution in [0.1, 0.15) is 49.5 Å². The lowest BCUT2D eigenvalue weighted by molar-refractivity contribution is -0.141. The first-order valence-electron chi connectivity index (χ1n) is 6.97. The second-order valence-electron chi connectivity index (χ2n) is 5.91. The number of hydrogen-bond acceptors (Lipinski definition) is 4. The van der Waals surface area contributed by atoms with Crippen molar-refractivity contribution in [3.05, 3.63) is 11.4 Å². The van der Waals surface area contributed by atoms with E-state index in [4.69, 9.17) is 15.4 Å². The molecule has 2 aliphatic rings. The molecule has 1 saturated heterocycles. The Morgan fingerprint density at radius 3 is 2.60 bits per heavy atom. The molecule has 2 heterocycles. The van der Waals surface area contributed by atoms with E-state index in [-0.39, 0.29) is 16.5 Å². The van der Waals surface area contributed by atoms with Gasteiger partial charge in [0.25, 0.3) is 9.05 Å². The molecule has 0 amide bonds. The maximum atomic E-state index is 11.7. The molecule has 1 saturated carbocycles. The third kappa shape index (κ3) is 2.27. The minimum Gasteiger partial charge on any atom is -0.375 e. The second kappa shape index (κ2) is 4.71.